The Morgan fingerprint density at radius 1 is 1.13 bits per heavy atom. The van der Waals surface area contributed by atoms with Crippen molar-refractivity contribution in [2.45, 2.75) is 71.5 Å². The van der Waals surface area contributed by atoms with E-state index in [9.17, 15) is 9.59 Å². The number of piperidine rings is 1. The van der Waals surface area contributed by atoms with Crippen LogP contribution < -0.4 is 0 Å². The molecule has 39 heavy (non-hydrogen) atoms. The number of hydrogen-bond donors (Lipinski definition) is 0. The average molecular weight is 539 g/mol. The van der Waals surface area contributed by atoms with Gasteiger partial charge in [-0.15, -0.1) is 0 Å². The molecular weight excluding hydrogens is 496 g/mol. The number of benzene rings is 1. The summed E-state index contributed by atoms with van der Waals surface area (Å²) in [6.45, 7) is 11.3. The number of rotatable bonds is 7. The fourth-order valence-electron chi connectivity index (χ4n) is 4.72. The van der Waals surface area contributed by atoms with Crippen LogP contribution in [-0.2, 0) is 30.3 Å². The number of ether oxygens (including phenoxy) is 3. The number of hydrogen-bond acceptors (Lipinski definition) is 7. The highest BCUT2D eigenvalue weighted by atomic mass is 16.6. The zero-order valence-electron chi connectivity index (χ0n) is 23.7. The third kappa shape index (κ3) is 9.70. The van der Waals surface area contributed by atoms with E-state index in [-0.39, 0.29) is 37.3 Å². The summed E-state index contributed by atoms with van der Waals surface area (Å²) in [6, 6.07) is 3.95. The van der Waals surface area contributed by atoms with Crippen molar-refractivity contribution >= 4 is 17.6 Å². The number of likely N-dealkylation sites (tertiary alicyclic amines) is 1. The van der Waals surface area contributed by atoms with Crippen LogP contribution in [0.25, 0.3) is 0 Å². The molecular formula is C31H42N2O6. The molecule has 0 aliphatic carbocycles. The molecule has 1 aromatic rings. The van der Waals surface area contributed by atoms with E-state index < -0.39 is 0 Å². The SMILES string of the molecule is C=C(CO[C@@H]1/C=C/C[C@@H](C)OC(=O)c2c(C)cc(C)cc2CC(=NOCC(=O)N2CCCCC2)/C=C/C1)OC. The first-order chi connectivity index (χ1) is 18.8. The van der Waals surface area contributed by atoms with E-state index in [0.717, 1.165) is 49.0 Å². The second kappa shape index (κ2) is 15.3. The molecule has 1 fully saturated rings. The molecule has 3 rings (SSSR count). The Labute approximate surface area is 232 Å². The fraction of sp³-hybridized carbons (Fsp3) is 0.516. The van der Waals surface area contributed by atoms with E-state index in [1.165, 1.54) is 0 Å². The van der Waals surface area contributed by atoms with Crippen LogP contribution in [0.2, 0.25) is 0 Å². The van der Waals surface area contributed by atoms with Gasteiger partial charge in [-0.25, -0.2) is 4.79 Å². The Bertz CT molecular complexity index is 1100. The van der Waals surface area contributed by atoms with Crippen LogP contribution in [0.5, 0.6) is 0 Å². The van der Waals surface area contributed by atoms with Gasteiger partial charge in [-0.2, -0.15) is 0 Å². The van der Waals surface area contributed by atoms with Crippen LogP contribution in [0.3, 0.4) is 0 Å². The number of carbonyl (C=O) groups excluding carboxylic acids is 2. The van der Waals surface area contributed by atoms with Crippen LogP contribution in [0.15, 0.2) is 53.9 Å². The van der Waals surface area contributed by atoms with Gasteiger partial charge >= 0.3 is 5.97 Å². The first-order valence-electron chi connectivity index (χ1n) is 13.7. The molecule has 2 atom stereocenters. The van der Waals surface area contributed by atoms with Crippen molar-refractivity contribution in [3.63, 3.8) is 0 Å². The maximum absolute atomic E-state index is 13.2. The molecule has 0 radical (unpaired) electrons. The molecule has 0 bridgehead atoms. The highest BCUT2D eigenvalue weighted by Gasteiger charge is 2.21. The summed E-state index contributed by atoms with van der Waals surface area (Å²) in [5.74, 6) is 0.102. The van der Waals surface area contributed by atoms with E-state index >= 15 is 0 Å². The Morgan fingerprint density at radius 3 is 2.64 bits per heavy atom. The standard InChI is InChI=1S/C31H42N2O6/c1-22-17-23(2)30-26(18-22)19-27(32-38-21-29(34)33-15-7-6-8-16-33)12-10-14-28(37-20-25(4)36-5)13-9-11-24(3)39-31(30)35/h9-10,12-13,17-18,24,28H,4,6-8,11,14-16,19-21H2,1-3,5H3/b12-10+,13-9+,32-27?/t24-,28-/m1/s1. The monoisotopic (exact) mass is 538 g/mol. The number of carbonyl (C=O) groups is 2. The fourth-order valence-corrected chi connectivity index (χ4v) is 4.72. The normalized spacial score (nSPS) is 23.2. The third-order valence-corrected chi connectivity index (χ3v) is 6.77. The Morgan fingerprint density at radius 2 is 1.90 bits per heavy atom. The summed E-state index contributed by atoms with van der Waals surface area (Å²) in [5.41, 5.74) is 3.82. The number of aryl methyl sites for hydroxylation is 2. The molecule has 1 saturated heterocycles. The quantitative estimate of drug-likeness (QED) is 0.205. The van der Waals surface area contributed by atoms with Gasteiger partial charge in [-0.05, 0) is 63.7 Å². The van der Waals surface area contributed by atoms with Crippen molar-refractivity contribution < 1.29 is 28.6 Å². The summed E-state index contributed by atoms with van der Waals surface area (Å²) in [5, 5.41) is 4.34. The van der Waals surface area contributed by atoms with Gasteiger partial charge in [-0.1, -0.05) is 47.7 Å². The molecule has 1 aromatic carbocycles. The van der Waals surface area contributed by atoms with Gasteiger partial charge in [0.25, 0.3) is 5.91 Å². The second-order valence-corrected chi connectivity index (χ2v) is 10.2. The van der Waals surface area contributed by atoms with E-state index in [4.69, 9.17) is 19.0 Å². The minimum atomic E-state index is -0.367. The lowest BCUT2D eigenvalue weighted by molar-refractivity contribution is -0.137. The molecule has 0 saturated carbocycles. The van der Waals surface area contributed by atoms with Crippen LogP contribution in [-0.4, -0.2) is 68.1 Å². The Kier molecular flexibility index (Phi) is 11.8. The summed E-state index contributed by atoms with van der Waals surface area (Å²) in [6.07, 6.45) is 11.9. The zero-order chi connectivity index (χ0) is 28.2. The number of methoxy groups -OCH3 is 1. The molecule has 0 spiro atoms. The number of amides is 1. The smallest absolute Gasteiger partial charge is 0.338 e. The predicted molar refractivity (Wildman–Crippen MR) is 152 cm³/mol. The maximum Gasteiger partial charge on any atom is 0.338 e. The molecule has 1 amide bonds. The van der Waals surface area contributed by atoms with Gasteiger partial charge in [0.1, 0.15) is 18.5 Å². The van der Waals surface area contributed by atoms with Gasteiger partial charge in [0.2, 0.25) is 0 Å². The molecule has 8 nitrogen and oxygen atoms in total. The molecule has 212 valence electrons. The third-order valence-electron chi connectivity index (χ3n) is 6.77. The molecule has 0 N–H and O–H groups in total. The minimum absolute atomic E-state index is 0.0643. The van der Waals surface area contributed by atoms with E-state index in [0.29, 0.717) is 36.3 Å². The zero-order valence-corrected chi connectivity index (χ0v) is 23.7. The predicted octanol–water partition coefficient (Wildman–Crippen LogP) is 5.23. The number of oxime groups is 1. The van der Waals surface area contributed by atoms with E-state index in [2.05, 4.69) is 11.7 Å². The van der Waals surface area contributed by atoms with Crippen molar-refractivity contribution in [2.24, 2.45) is 5.16 Å². The second-order valence-electron chi connectivity index (χ2n) is 10.2. The van der Waals surface area contributed by atoms with Gasteiger partial charge < -0.3 is 23.9 Å². The van der Waals surface area contributed by atoms with Crippen LogP contribution in [0, 0.1) is 13.8 Å². The van der Waals surface area contributed by atoms with E-state index in [1.54, 1.807) is 7.11 Å². The van der Waals surface area contributed by atoms with E-state index in [1.807, 2.05) is 62.1 Å². The number of nitrogens with zero attached hydrogens (tertiary/aromatic N) is 2. The van der Waals surface area contributed by atoms with Gasteiger partial charge in [-0.3, -0.25) is 4.79 Å². The highest BCUT2D eigenvalue weighted by Crippen LogP contribution is 2.22. The molecule has 2 aliphatic heterocycles. The van der Waals surface area contributed by atoms with Gasteiger partial charge in [0.05, 0.1) is 24.5 Å². The minimum Gasteiger partial charge on any atom is -0.499 e. The summed E-state index contributed by atoms with van der Waals surface area (Å²) < 4.78 is 16.9. The van der Waals surface area contributed by atoms with Gasteiger partial charge in [0, 0.05) is 25.9 Å². The van der Waals surface area contributed by atoms with Crippen LogP contribution in [0.4, 0.5) is 0 Å². The molecule has 2 heterocycles. The summed E-state index contributed by atoms with van der Waals surface area (Å²) in [7, 11) is 1.56. The maximum atomic E-state index is 13.2. The topological polar surface area (TPSA) is 86.7 Å². The average Bonchev–Trinajstić information content (AvgIpc) is 2.90. The number of allylic oxidation sites excluding steroid dienone is 1. The number of fused-ring (bicyclic) bond motifs is 1. The lowest BCUT2D eigenvalue weighted by Gasteiger charge is -2.26. The van der Waals surface area contributed by atoms with Crippen molar-refractivity contribution in [1.29, 1.82) is 0 Å². The summed E-state index contributed by atoms with van der Waals surface area (Å²) in [4.78, 5) is 33.2. The molecule has 8 heteroatoms. The van der Waals surface area contributed by atoms with Crippen molar-refractivity contribution in [2.75, 3.05) is 33.4 Å². The lowest BCUT2D eigenvalue weighted by Crippen LogP contribution is -2.37. The Balaban J connectivity index is 1.87. The summed E-state index contributed by atoms with van der Waals surface area (Å²) >= 11 is 0. The molecule has 0 unspecified atom stereocenters. The first kappa shape index (κ1) is 30.2. The van der Waals surface area contributed by atoms with Crippen LogP contribution >= 0.6 is 0 Å². The largest absolute Gasteiger partial charge is 0.499 e. The molecule has 0 aromatic heterocycles. The highest BCUT2D eigenvalue weighted by molar-refractivity contribution is 6.00. The number of esters is 1. The Hall–Kier alpha value is -3.39. The van der Waals surface area contributed by atoms with Crippen molar-refractivity contribution in [3.8, 4) is 0 Å². The number of cyclic esters (lactones) is 1. The van der Waals surface area contributed by atoms with Gasteiger partial charge in [0.15, 0.2) is 6.61 Å². The first-order valence-corrected chi connectivity index (χ1v) is 13.7. The lowest BCUT2D eigenvalue weighted by atomic mass is 9.95. The van der Waals surface area contributed by atoms with Crippen molar-refractivity contribution in [3.05, 3.63) is 71.0 Å². The van der Waals surface area contributed by atoms with Crippen molar-refractivity contribution in [1.82, 2.24) is 4.90 Å². The van der Waals surface area contributed by atoms with Crippen LogP contribution in [0.1, 0.15) is 66.1 Å². The molecule has 2 aliphatic rings.